The van der Waals surface area contributed by atoms with Crippen molar-refractivity contribution in [3.8, 4) is 5.75 Å². The molecule has 5 nitrogen and oxygen atoms in total. The number of ether oxygens (including phenoxy) is 2. The number of hydrogen-bond acceptors (Lipinski definition) is 4. The lowest BCUT2D eigenvalue weighted by Crippen LogP contribution is -2.19. The van der Waals surface area contributed by atoms with E-state index in [-0.39, 0.29) is 17.9 Å². The van der Waals surface area contributed by atoms with Crippen LogP contribution in [0.5, 0.6) is 5.75 Å². The molecule has 0 bridgehead atoms. The van der Waals surface area contributed by atoms with Crippen molar-refractivity contribution in [1.82, 2.24) is 9.55 Å². The van der Waals surface area contributed by atoms with Crippen LogP contribution in [0, 0.1) is 13.8 Å². The summed E-state index contributed by atoms with van der Waals surface area (Å²) in [4.78, 5) is 16.3. The summed E-state index contributed by atoms with van der Waals surface area (Å²) in [6, 6.07) is 12.2. The summed E-state index contributed by atoms with van der Waals surface area (Å²) >= 11 is 0. The van der Waals surface area contributed by atoms with E-state index < -0.39 is 18.6 Å². The van der Waals surface area contributed by atoms with Gasteiger partial charge >= 0.3 is 12.5 Å². The van der Waals surface area contributed by atoms with Gasteiger partial charge in [0.1, 0.15) is 5.75 Å². The minimum Gasteiger partial charge on any atom is -0.481 e. The second kappa shape index (κ2) is 7.73. The number of halogens is 2. The molecule has 3 aromatic rings. The predicted molar refractivity (Wildman–Crippen MR) is 96.9 cm³/mol. The topological polar surface area (TPSA) is 53.4 Å². The Balaban J connectivity index is 1.73. The number of carbonyl (C=O) groups is 1. The van der Waals surface area contributed by atoms with E-state index in [2.05, 4.69) is 4.98 Å². The molecule has 0 N–H and O–H groups in total. The average molecular weight is 374 g/mol. The Morgan fingerprint density at radius 1 is 1.11 bits per heavy atom. The van der Waals surface area contributed by atoms with Crippen LogP contribution in [0.2, 0.25) is 0 Å². The second-order valence-electron chi connectivity index (χ2n) is 6.25. The minimum atomic E-state index is -2.79. The summed E-state index contributed by atoms with van der Waals surface area (Å²) in [6.45, 7) is 2.16. The van der Waals surface area contributed by atoms with Gasteiger partial charge in [0.15, 0.2) is 18.5 Å². The molecule has 3 rings (SSSR count). The Kier molecular flexibility index (Phi) is 5.39. The lowest BCUT2D eigenvalue weighted by molar-refractivity contribution is -0.151. The third kappa shape index (κ3) is 3.92. The molecule has 2 aromatic carbocycles. The minimum absolute atomic E-state index is 0.00776. The molecule has 0 fully saturated rings. The maximum absolute atomic E-state index is 13.5. The van der Waals surface area contributed by atoms with Gasteiger partial charge in [0.25, 0.3) is 0 Å². The van der Waals surface area contributed by atoms with E-state index >= 15 is 0 Å². The van der Waals surface area contributed by atoms with Crippen LogP contribution in [0.25, 0.3) is 11.0 Å². The van der Waals surface area contributed by atoms with Gasteiger partial charge in [0.2, 0.25) is 0 Å². The Bertz CT molecular complexity index is 949. The first-order chi connectivity index (χ1) is 12.9. The van der Waals surface area contributed by atoms with Crippen molar-refractivity contribution in [2.45, 2.75) is 33.4 Å². The monoisotopic (exact) mass is 374 g/mol. The van der Waals surface area contributed by atoms with Crippen LogP contribution in [-0.2, 0) is 9.53 Å². The number of aromatic nitrogens is 2. The number of esters is 1. The van der Waals surface area contributed by atoms with Crippen molar-refractivity contribution in [2.24, 2.45) is 0 Å². The number of fused-ring (bicyclic) bond motifs is 1. The molecule has 1 heterocycles. The van der Waals surface area contributed by atoms with Gasteiger partial charge in [-0.3, -0.25) is 4.57 Å². The Labute approximate surface area is 155 Å². The maximum Gasteiger partial charge on any atom is 0.344 e. The third-order valence-electron chi connectivity index (χ3n) is 4.23. The summed E-state index contributed by atoms with van der Waals surface area (Å²) < 4.78 is 38.6. The molecule has 0 aliphatic heterocycles. The van der Waals surface area contributed by atoms with Gasteiger partial charge in [-0.1, -0.05) is 30.3 Å². The van der Waals surface area contributed by atoms with Crippen LogP contribution in [0.1, 0.15) is 36.5 Å². The van der Waals surface area contributed by atoms with E-state index in [1.807, 2.05) is 32.0 Å². The molecule has 142 valence electrons. The Morgan fingerprint density at radius 2 is 1.78 bits per heavy atom. The highest BCUT2D eigenvalue weighted by atomic mass is 19.3. The molecule has 0 aliphatic rings. The number of hydrogen-bond donors (Lipinski definition) is 0. The highest BCUT2D eigenvalue weighted by Gasteiger charge is 2.24. The SMILES string of the molecule is Cc1cccc(C)c1OCC(=O)OC(C)c1nc2ccccc2n1C(F)F. The summed E-state index contributed by atoms with van der Waals surface area (Å²) in [5.41, 5.74) is 2.50. The van der Waals surface area contributed by atoms with Gasteiger partial charge in [-0.15, -0.1) is 0 Å². The van der Waals surface area contributed by atoms with Crippen LogP contribution < -0.4 is 4.74 Å². The van der Waals surface area contributed by atoms with Crippen LogP contribution in [0.15, 0.2) is 42.5 Å². The molecule has 1 atom stereocenters. The van der Waals surface area contributed by atoms with Gasteiger partial charge in [-0.25, -0.2) is 9.78 Å². The van der Waals surface area contributed by atoms with Crippen molar-refractivity contribution in [3.05, 3.63) is 59.4 Å². The Morgan fingerprint density at radius 3 is 2.44 bits per heavy atom. The van der Waals surface area contributed by atoms with Gasteiger partial charge in [0.05, 0.1) is 11.0 Å². The summed E-state index contributed by atoms with van der Waals surface area (Å²) in [5, 5.41) is 0. The molecule has 7 heteroatoms. The number of imidazole rings is 1. The van der Waals surface area contributed by atoms with Crippen molar-refractivity contribution in [3.63, 3.8) is 0 Å². The first-order valence-electron chi connectivity index (χ1n) is 8.52. The van der Waals surface area contributed by atoms with E-state index in [4.69, 9.17) is 9.47 Å². The molecule has 0 saturated carbocycles. The number of alkyl halides is 2. The van der Waals surface area contributed by atoms with E-state index in [0.29, 0.717) is 11.3 Å². The van der Waals surface area contributed by atoms with E-state index in [1.54, 1.807) is 24.3 Å². The average Bonchev–Trinajstić information content (AvgIpc) is 3.01. The van der Waals surface area contributed by atoms with Crippen LogP contribution in [-0.4, -0.2) is 22.1 Å². The van der Waals surface area contributed by atoms with Gasteiger partial charge in [0, 0.05) is 0 Å². The normalized spacial score (nSPS) is 12.4. The highest BCUT2D eigenvalue weighted by molar-refractivity contribution is 5.76. The fourth-order valence-electron chi connectivity index (χ4n) is 3.00. The molecule has 0 spiro atoms. The first-order valence-corrected chi connectivity index (χ1v) is 8.52. The number of carbonyl (C=O) groups excluding carboxylic acids is 1. The zero-order valence-electron chi connectivity index (χ0n) is 15.3. The van der Waals surface area contributed by atoms with Gasteiger partial charge in [-0.2, -0.15) is 8.78 Å². The van der Waals surface area contributed by atoms with E-state index in [1.165, 1.54) is 6.92 Å². The molecule has 0 amide bonds. The lowest BCUT2D eigenvalue weighted by atomic mass is 10.1. The first kappa shape index (κ1) is 18.8. The summed E-state index contributed by atoms with van der Waals surface area (Å²) in [6.07, 6.45) is -0.944. The molecule has 1 unspecified atom stereocenters. The zero-order chi connectivity index (χ0) is 19.6. The van der Waals surface area contributed by atoms with Crippen molar-refractivity contribution in [2.75, 3.05) is 6.61 Å². The Hall–Kier alpha value is -2.96. The molecular formula is C20H20F2N2O3. The maximum atomic E-state index is 13.5. The highest BCUT2D eigenvalue weighted by Crippen LogP contribution is 2.28. The lowest BCUT2D eigenvalue weighted by Gasteiger charge is -2.16. The van der Waals surface area contributed by atoms with E-state index in [0.717, 1.165) is 15.7 Å². The quantitative estimate of drug-likeness (QED) is 0.585. The number of nitrogens with zero attached hydrogens (tertiary/aromatic N) is 2. The number of aryl methyl sites for hydroxylation is 2. The van der Waals surface area contributed by atoms with Gasteiger partial charge < -0.3 is 9.47 Å². The van der Waals surface area contributed by atoms with Crippen molar-refractivity contribution >= 4 is 17.0 Å². The van der Waals surface area contributed by atoms with Crippen molar-refractivity contribution in [1.29, 1.82) is 0 Å². The van der Waals surface area contributed by atoms with E-state index in [9.17, 15) is 13.6 Å². The molecule has 0 aliphatic carbocycles. The standard InChI is InChI=1S/C20H20F2N2O3/c1-12-7-6-8-13(2)18(12)26-11-17(25)27-14(3)19-23-15-9-4-5-10-16(15)24(19)20(21)22/h4-10,14,20H,11H2,1-3H3. The zero-order valence-corrected chi connectivity index (χ0v) is 15.3. The third-order valence-corrected chi connectivity index (χ3v) is 4.23. The second-order valence-corrected chi connectivity index (χ2v) is 6.25. The molecule has 27 heavy (non-hydrogen) atoms. The summed E-state index contributed by atoms with van der Waals surface area (Å²) in [5.74, 6) is -0.0495. The number of para-hydroxylation sites is 3. The number of benzene rings is 2. The van der Waals surface area contributed by atoms with Gasteiger partial charge in [-0.05, 0) is 44.0 Å². The fourth-order valence-corrected chi connectivity index (χ4v) is 3.00. The predicted octanol–water partition coefficient (Wildman–Crippen LogP) is 4.73. The molecule has 1 aromatic heterocycles. The summed E-state index contributed by atoms with van der Waals surface area (Å²) in [7, 11) is 0. The van der Waals surface area contributed by atoms with Crippen LogP contribution >= 0.6 is 0 Å². The smallest absolute Gasteiger partial charge is 0.344 e. The van der Waals surface area contributed by atoms with Crippen LogP contribution in [0.3, 0.4) is 0 Å². The van der Waals surface area contributed by atoms with Crippen molar-refractivity contribution < 1.29 is 23.0 Å². The molecule has 0 radical (unpaired) electrons. The van der Waals surface area contributed by atoms with Crippen LogP contribution in [0.4, 0.5) is 8.78 Å². The molecule has 0 saturated heterocycles. The molecular weight excluding hydrogens is 354 g/mol. The number of rotatable bonds is 6. The largest absolute Gasteiger partial charge is 0.481 e. The fraction of sp³-hybridized carbons (Fsp3) is 0.300.